The lowest BCUT2D eigenvalue weighted by Gasteiger charge is -2.14. The first kappa shape index (κ1) is 19.5. The second kappa shape index (κ2) is 8.20. The molecule has 2 aromatic carbocycles. The number of fused-ring (bicyclic) bond motifs is 1. The largest absolute Gasteiger partial charge is 0.490 e. The average Bonchev–Trinajstić information content (AvgIpc) is 2.86. The van der Waals surface area contributed by atoms with E-state index in [9.17, 15) is 13.2 Å². The summed E-state index contributed by atoms with van der Waals surface area (Å²) in [6, 6.07) is 11.4. The first-order chi connectivity index (χ1) is 12.8. The Hall–Kier alpha value is -2.23. The number of nitrogens with two attached hydrogens (primary N) is 1. The normalized spacial score (nSPS) is 14.9. The number of ether oxygens (including phenoxy) is 2. The van der Waals surface area contributed by atoms with Crippen LogP contribution in [0.3, 0.4) is 0 Å². The third kappa shape index (κ3) is 5.15. The fraction of sp³-hybridized carbons (Fsp3) is 0.278. The van der Waals surface area contributed by atoms with E-state index in [0.29, 0.717) is 30.4 Å². The summed E-state index contributed by atoms with van der Waals surface area (Å²) in [5, 5.41) is 7.42. The summed E-state index contributed by atoms with van der Waals surface area (Å²) in [6.07, 6.45) is 0.827. The van der Waals surface area contributed by atoms with Gasteiger partial charge in [-0.25, -0.2) is 13.6 Å². The van der Waals surface area contributed by atoms with E-state index in [4.69, 9.17) is 14.6 Å². The molecule has 27 heavy (non-hydrogen) atoms. The van der Waals surface area contributed by atoms with Gasteiger partial charge in [0.1, 0.15) is 0 Å². The van der Waals surface area contributed by atoms with Gasteiger partial charge in [0.15, 0.2) is 11.5 Å². The number of nitrogens with one attached hydrogen (secondary N) is 1. The Balaban J connectivity index is 1.67. The molecule has 0 aliphatic carbocycles. The van der Waals surface area contributed by atoms with Crippen molar-refractivity contribution in [3.63, 3.8) is 0 Å². The fourth-order valence-electron chi connectivity index (χ4n) is 2.47. The van der Waals surface area contributed by atoms with Gasteiger partial charge in [0.2, 0.25) is 15.9 Å². The van der Waals surface area contributed by atoms with Crippen molar-refractivity contribution in [2.75, 3.05) is 18.5 Å². The molecule has 3 N–H and O–H groups in total. The molecule has 7 nitrogen and oxygen atoms in total. The molecule has 1 atom stereocenters. The van der Waals surface area contributed by atoms with Crippen LogP contribution in [0.4, 0.5) is 5.69 Å². The van der Waals surface area contributed by atoms with E-state index in [1.54, 1.807) is 13.0 Å². The maximum absolute atomic E-state index is 12.5. The molecule has 0 radical (unpaired) electrons. The fourth-order valence-corrected chi connectivity index (χ4v) is 3.92. The highest BCUT2D eigenvalue weighted by Crippen LogP contribution is 2.35. The molecule has 3 rings (SSSR count). The summed E-state index contributed by atoms with van der Waals surface area (Å²) in [6.45, 7) is 2.99. The van der Waals surface area contributed by atoms with Gasteiger partial charge in [-0.05, 0) is 43.3 Å². The predicted octanol–water partition coefficient (Wildman–Crippen LogP) is 2.61. The molecule has 0 bridgehead atoms. The van der Waals surface area contributed by atoms with Crippen molar-refractivity contribution in [2.24, 2.45) is 5.14 Å². The lowest BCUT2D eigenvalue weighted by Crippen LogP contribution is -2.22. The number of anilines is 1. The number of rotatable bonds is 5. The van der Waals surface area contributed by atoms with Gasteiger partial charge >= 0.3 is 0 Å². The zero-order valence-electron chi connectivity index (χ0n) is 14.7. The molecule has 144 valence electrons. The summed E-state index contributed by atoms with van der Waals surface area (Å²) in [5.41, 5.74) is 0.373. The van der Waals surface area contributed by atoms with Crippen LogP contribution in [0, 0.1) is 0 Å². The van der Waals surface area contributed by atoms with Crippen molar-refractivity contribution < 1.29 is 22.7 Å². The first-order valence-electron chi connectivity index (χ1n) is 8.33. The van der Waals surface area contributed by atoms with Crippen molar-refractivity contribution >= 4 is 33.4 Å². The first-order valence-corrected chi connectivity index (χ1v) is 10.8. The van der Waals surface area contributed by atoms with Crippen LogP contribution in [0.25, 0.3) is 0 Å². The van der Waals surface area contributed by atoms with E-state index < -0.39 is 15.3 Å². The van der Waals surface area contributed by atoms with Crippen LogP contribution < -0.4 is 19.9 Å². The number of hydrogen-bond donors (Lipinski definition) is 2. The Morgan fingerprint density at radius 1 is 1.15 bits per heavy atom. The van der Waals surface area contributed by atoms with Crippen molar-refractivity contribution in [1.29, 1.82) is 0 Å². The third-order valence-corrected chi connectivity index (χ3v) is 5.84. The number of benzene rings is 2. The van der Waals surface area contributed by atoms with E-state index >= 15 is 0 Å². The van der Waals surface area contributed by atoms with Gasteiger partial charge in [0.25, 0.3) is 0 Å². The van der Waals surface area contributed by atoms with Crippen molar-refractivity contribution in [1.82, 2.24) is 0 Å². The van der Waals surface area contributed by atoms with Gasteiger partial charge in [0, 0.05) is 17.0 Å². The number of carbonyl (C=O) groups is 1. The van der Waals surface area contributed by atoms with Gasteiger partial charge in [-0.2, -0.15) is 0 Å². The molecule has 2 aromatic rings. The monoisotopic (exact) mass is 408 g/mol. The lowest BCUT2D eigenvalue weighted by molar-refractivity contribution is -0.115. The van der Waals surface area contributed by atoms with Crippen molar-refractivity contribution in [3.8, 4) is 11.5 Å². The molecule has 1 amide bonds. The quantitative estimate of drug-likeness (QED) is 0.737. The molecule has 1 aliphatic heterocycles. The van der Waals surface area contributed by atoms with Crippen LogP contribution in [-0.4, -0.2) is 32.8 Å². The minimum Gasteiger partial charge on any atom is -0.490 e. The maximum atomic E-state index is 12.5. The third-order valence-electron chi connectivity index (χ3n) is 3.83. The van der Waals surface area contributed by atoms with Gasteiger partial charge < -0.3 is 14.8 Å². The molecular weight excluding hydrogens is 388 g/mol. The molecule has 0 saturated heterocycles. The summed E-state index contributed by atoms with van der Waals surface area (Å²) in [5.74, 6) is 1.12. The average molecular weight is 409 g/mol. The van der Waals surface area contributed by atoms with E-state index in [-0.39, 0.29) is 10.8 Å². The van der Waals surface area contributed by atoms with Gasteiger partial charge in [-0.15, -0.1) is 11.8 Å². The molecule has 0 spiro atoms. The molecule has 9 heteroatoms. The number of primary sulfonamides is 1. The molecule has 0 fully saturated rings. The van der Waals surface area contributed by atoms with Crippen molar-refractivity contribution in [3.05, 3.63) is 42.5 Å². The van der Waals surface area contributed by atoms with E-state index in [1.807, 2.05) is 18.2 Å². The zero-order valence-corrected chi connectivity index (χ0v) is 16.3. The Kier molecular flexibility index (Phi) is 5.93. The minimum absolute atomic E-state index is 0.0523. The number of carbonyl (C=O) groups excluding carboxylic acids is 1. The second-order valence-electron chi connectivity index (χ2n) is 5.98. The van der Waals surface area contributed by atoms with Gasteiger partial charge in [-0.1, -0.05) is 6.07 Å². The summed E-state index contributed by atoms with van der Waals surface area (Å²) >= 11 is 1.37. The SMILES string of the molecule is CC(Sc1ccc2c(c1)OCCCO2)C(=O)Nc1cccc(S(N)(=O)=O)c1. The van der Waals surface area contributed by atoms with Crippen LogP contribution in [-0.2, 0) is 14.8 Å². The second-order valence-corrected chi connectivity index (χ2v) is 8.96. The predicted molar refractivity (Wildman–Crippen MR) is 104 cm³/mol. The number of thioether (sulfide) groups is 1. The highest BCUT2D eigenvalue weighted by molar-refractivity contribution is 8.00. The molecule has 1 unspecified atom stereocenters. The van der Waals surface area contributed by atoms with E-state index in [2.05, 4.69) is 5.32 Å². The molecule has 0 aromatic heterocycles. The van der Waals surface area contributed by atoms with Crippen molar-refractivity contribution in [2.45, 2.75) is 28.4 Å². The van der Waals surface area contributed by atoms with Gasteiger partial charge in [0.05, 0.1) is 23.4 Å². The standard InChI is InChI=1S/C18H20N2O5S2/c1-12(18(21)20-13-4-2-5-15(10-13)27(19,22)23)26-14-6-7-16-17(11-14)25-9-3-8-24-16/h2,4-7,10-12H,3,8-9H2,1H3,(H,20,21)(H2,19,22,23). The summed E-state index contributed by atoms with van der Waals surface area (Å²) in [4.78, 5) is 13.3. The number of hydrogen-bond acceptors (Lipinski definition) is 6. The van der Waals surface area contributed by atoms with Gasteiger partial charge in [-0.3, -0.25) is 4.79 Å². The van der Waals surface area contributed by atoms with E-state index in [0.717, 1.165) is 11.3 Å². The highest BCUT2D eigenvalue weighted by Gasteiger charge is 2.18. The van der Waals surface area contributed by atoms with Crippen LogP contribution in [0.15, 0.2) is 52.3 Å². The number of amides is 1. The van der Waals surface area contributed by atoms with Crippen LogP contribution >= 0.6 is 11.8 Å². The van der Waals surface area contributed by atoms with Crippen LogP contribution in [0.5, 0.6) is 11.5 Å². The Morgan fingerprint density at radius 2 is 1.89 bits per heavy atom. The summed E-state index contributed by atoms with van der Waals surface area (Å²) in [7, 11) is -3.82. The molecule has 1 heterocycles. The Bertz CT molecular complexity index is 947. The minimum atomic E-state index is -3.82. The smallest absolute Gasteiger partial charge is 0.238 e. The molecular formula is C18H20N2O5S2. The van der Waals surface area contributed by atoms with Crippen LogP contribution in [0.1, 0.15) is 13.3 Å². The maximum Gasteiger partial charge on any atom is 0.238 e. The Morgan fingerprint density at radius 3 is 2.63 bits per heavy atom. The Labute approximate surface area is 162 Å². The van der Waals surface area contributed by atoms with E-state index in [1.165, 1.54) is 30.0 Å². The molecule has 0 saturated carbocycles. The highest BCUT2D eigenvalue weighted by atomic mass is 32.2. The lowest BCUT2D eigenvalue weighted by atomic mass is 10.3. The molecule has 1 aliphatic rings. The number of sulfonamides is 1. The zero-order chi connectivity index (χ0) is 19.4. The van der Waals surface area contributed by atoms with Crippen LogP contribution in [0.2, 0.25) is 0 Å². The topological polar surface area (TPSA) is 108 Å². The summed E-state index contributed by atoms with van der Waals surface area (Å²) < 4.78 is 34.1.